The van der Waals surface area contributed by atoms with Crippen molar-refractivity contribution in [2.24, 2.45) is 0 Å². The van der Waals surface area contributed by atoms with Crippen molar-refractivity contribution in [3.05, 3.63) is 158 Å². The molecular formula is C72H115O11P. The Hall–Kier alpha value is -4.90. The highest BCUT2D eigenvalue weighted by atomic mass is 31.2. The number of esters is 3. The van der Waals surface area contributed by atoms with Gasteiger partial charge >= 0.3 is 25.7 Å². The molecule has 0 aliphatic carbocycles. The van der Waals surface area contributed by atoms with E-state index >= 15 is 0 Å². The van der Waals surface area contributed by atoms with Crippen LogP contribution in [0.25, 0.3) is 0 Å². The van der Waals surface area contributed by atoms with Crippen LogP contribution in [0.3, 0.4) is 0 Å². The monoisotopic (exact) mass is 1190 g/mol. The summed E-state index contributed by atoms with van der Waals surface area (Å²) in [5.41, 5.74) is 0. The minimum absolute atomic E-state index is 0.133. The minimum atomic E-state index is -4.78. The van der Waals surface area contributed by atoms with Gasteiger partial charge in [0.15, 0.2) is 6.10 Å². The van der Waals surface area contributed by atoms with Crippen molar-refractivity contribution >= 4 is 25.7 Å². The van der Waals surface area contributed by atoms with Crippen LogP contribution in [-0.2, 0) is 42.2 Å². The van der Waals surface area contributed by atoms with Crippen molar-refractivity contribution in [2.75, 3.05) is 26.4 Å². The second kappa shape index (κ2) is 64.1. The lowest BCUT2D eigenvalue weighted by molar-refractivity contribution is -0.161. The second-order valence-corrected chi connectivity index (χ2v) is 22.2. The highest BCUT2D eigenvalue weighted by Crippen LogP contribution is 2.43. The van der Waals surface area contributed by atoms with Crippen LogP contribution in [0.1, 0.15) is 239 Å². The molecule has 474 valence electrons. The largest absolute Gasteiger partial charge is 0.472 e. The number of phosphoric acid groups is 1. The van der Waals surface area contributed by atoms with E-state index in [1.807, 2.05) is 0 Å². The maximum atomic E-state index is 13.0. The van der Waals surface area contributed by atoms with Gasteiger partial charge < -0.3 is 24.2 Å². The summed E-state index contributed by atoms with van der Waals surface area (Å²) in [5.74, 6) is -1.55. The predicted molar refractivity (Wildman–Crippen MR) is 352 cm³/mol. The van der Waals surface area contributed by atoms with E-state index in [-0.39, 0.29) is 25.9 Å². The number of ether oxygens (including phenoxy) is 3. The van der Waals surface area contributed by atoms with Crippen LogP contribution in [-0.4, -0.2) is 66.5 Å². The molecule has 0 saturated heterocycles. The molecule has 0 aromatic carbocycles. The molecule has 0 fully saturated rings. The summed E-state index contributed by atoms with van der Waals surface area (Å²) in [7, 11) is -4.78. The summed E-state index contributed by atoms with van der Waals surface area (Å²) < 4.78 is 39.7. The third kappa shape index (κ3) is 61.7. The Labute approximate surface area is 511 Å². The van der Waals surface area contributed by atoms with E-state index in [9.17, 15) is 28.9 Å². The van der Waals surface area contributed by atoms with Crippen molar-refractivity contribution in [1.82, 2.24) is 0 Å². The van der Waals surface area contributed by atoms with Gasteiger partial charge in [-0.2, -0.15) is 0 Å². The second-order valence-electron chi connectivity index (χ2n) is 20.8. The number of aliphatic hydroxyl groups is 1. The van der Waals surface area contributed by atoms with Crippen molar-refractivity contribution in [3.63, 3.8) is 0 Å². The molecule has 0 rings (SSSR count). The summed E-state index contributed by atoms with van der Waals surface area (Å²) in [6, 6.07) is 0. The van der Waals surface area contributed by atoms with Crippen LogP contribution < -0.4 is 0 Å². The van der Waals surface area contributed by atoms with Gasteiger partial charge in [0.25, 0.3) is 0 Å². The summed E-state index contributed by atoms with van der Waals surface area (Å²) in [6.07, 6.45) is 84.7. The van der Waals surface area contributed by atoms with E-state index in [1.165, 1.54) is 0 Å². The van der Waals surface area contributed by atoms with Gasteiger partial charge in [0, 0.05) is 19.3 Å². The van der Waals surface area contributed by atoms with Crippen LogP contribution in [0.5, 0.6) is 0 Å². The smallest absolute Gasteiger partial charge is 0.462 e. The molecule has 0 aromatic heterocycles. The standard InChI is InChI=1S/C72H115O11P/c1-4-7-10-13-16-19-22-25-28-31-34-37-40-43-46-49-52-55-58-61-70(74)79-65-69(83-72(76)63-60-57-54-51-48-45-42-39-36-33-30-27-24-21-18-15-12-9-6-3)67-81-84(77,78)80-66-68(64-73)82-71(75)62-59-56-53-50-47-44-41-38-35-32-29-26-23-20-17-14-11-8-5-2/h7-12,16-21,25-30,34-39,43,46,68-69,73H,4-6,13-15,22-24,31-33,40-42,44-45,47-67H2,1-3H3,(H,77,78)/b10-7-,11-8-,12-9-,19-16-,20-17-,21-18-,28-25-,29-26-,30-27-,37-34-,38-35-,39-36-,46-43-. The van der Waals surface area contributed by atoms with Gasteiger partial charge in [0.1, 0.15) is 12.7 Å². The van der Waals surface area contributed by atoms with Gasteiger partial charge in [-0.05, 0) is 141 Å². The van der Waals surface area contributed by atoms with E-state index in [2.05, 4.69) is 179 Å². The molecule has 3 unspecified atom stereocenters. The maximum absolute atomic E-state index is 13.0. The normalized spacial score (nSPS) is 14.3. The highest BCUT2D eigenvalue weighted by Gasteiger charge is 2.28. The van der Waals surface area contributed by atoms with Crippen LogP contribution in [0.2, 0.25) is 0 Å². The predicted octanol–water partition coefficient (Wildman–Crippen LogP) is 20.0. The minimum Gasteiger partial charge on any atom is -0.462 e. The lowest BCUT2D eigenvalue weighted by atomic mass is 10.1. The first kappa shape index (κ1) is 79.1. The molecule has 11 nitrogen and oxygen atoms in total. The molecule has 0 bridgehead atoms. The first-order valence-corrected chi connectivity index (χ1v) is 33.9. The molecule has 0 heterocycles. The summed E-state index contributed by atoms with van der Waals surface area (Å²) >= 11 is 0. The van der Waals surface area contributed by atoms with Gasteiger partial charge in [0.2, 0.25) is 0 Å². The molecule has 0 aliphatic rings. The molecule has 0 spiro atoms. The topological polar surface area (TPSA) is 155 Å². The Morgan fingerprint density at radius 1 is 0.333 bits per heavy atom. The average Bonchev–Trinajstić information content (AvgIpc) is 3.55. The Morgan fingerprint density at radius 2 is 0.583 bits per heavy atom. The lowest BCUT2D eigenvalue weighted by Crippen LogP contribution is -2.30. The number of aliphatic hydroxyl groups excluding tert-OH is 1. The Kier molecular flexibility index (Phi) is 60.4. The highest BCUT2D eigenvalue weighted by molar-refractivity contribution is 7.47. The SMILES string of the molecule is CC/C=C\C/C=C\C/C=C\C/C=C\C/C=C\CCCCCC(=O)OCC(COP(=O)(O)OCC(CO)OC(=O)CCCCCCCC/C=C\C/C=C\C/C=C\C/C=C\CC)OC(=O)CCCCCCCC/C=C\C/C=C\C/C=C\C/C=C\CC. The third-order valence-electron chi connectivity index (χ3n) is 12.9. The number of carbonyl (C=O) groups excluding carboxylic acids is 3. The Balaban J connectivity index is 4.82. The number of hydrogen-bond donors (Lipinski definition) is 2. The fraction of sp³-hybridized carbons (Fsp3) is 0.597. The number of carbonyl (C=O) groups is 3. The van der Waals surface area contributed by atoms with Gasteiger partial charge in [-0.15, -0.1) is 0 Å². The first-order chi connectivity index (χ1) is 41.2. The van der Waals surface area contributed by atoms with Crippen LogP contribution in [0.15, 0.2) is 158 Å². The number of phosphoric ester groups is 1. The molecule has 0 amide bonds. The summed E-state index contributed by atoms with van der Waals surface area (Å²) in [6.45, 7) is 4.23. The van der Waals surface area contributed by atoms with Crippen molar-refractivity contribution < 1.29 is 52.2 Å². The molecule has 84 heavy (non-hydrogen) atoms. The maximum Gasteiger partial charge on any atom is 0.472 e. The van der Waals surface area contributed by atoms with Crippen molar-refractivity contribution in [2.45, 2.75) is 251 Å². The number of unbranched alkanes of at least 4 members (excludes halogenated alkanes) is 15. The average molecular weight is 1190 g/mol. The quantitative estimate of drug-likeness (QED) is 0.0197. The van der Waals surface area contributed by atoms with E-state index < -0.39 is 57.8 Å². The van der Waals surface area contributed by atoms with E-state index in [1.54, 1.807) is 0 Å². The first-order valence-electron chi connectivity index (χ1n) is 32.4. The molecule has 0 saturated carbocycles. The summed E-state index contributed by atoms with van der Waals surface area (Å²) in [5, 5.41) is 9.87. The molecule has 0 aliphatic heterocycles. The molecule has 0 radical (unpaired) electrons. The van der Waals surface area contributed by atoms with E-state index in [4.69, 9.17) is 23.3 Å². The van der Waals surface area contributed by atoms with Gasteiger partial charge in [-0.25, -0.2) is 4.57 Å². The molecule has 2 N–H and O–H groups in total. The van der Waals surface area contributed by atoms with E-state index in [0.717, 1.165) is 180 Å². The van der Waals surface area contributed by atoms with Crippen molar-refractivity contribution in [3.8, 4) is 0 Å². The van der Waals surface area contributed by atoms with Crippen LogP contribution in [0.4, 0.5) is 0 Å². The summed E-state index contributed by atoms with van der Waals surface area (Å²) in [4.78, 5) is 48.8. The van der Waals surface area contributed by atoms with E-state index in [0.29, 0.717) is 19.3 Å². The van der Waals surface area contributed by atoms with Gasteiger partial charge in [-0.1, -0.05) is 237 Å². The zero-order valence-electron chi connectivity index (χ0n) is 52.6. The zero-order chi connectivity index (χ0) is 61.2. The van der Waals surface area contributed by atoms with Crippen molar-refractivity contribution in [1.29, 1.82) is 0 Å². The third-order valence-corrected chi connectivity index (χ3v) is 13.9. The number of allylic oxidation sites excluding steroid dienone is 26. The van der Waals surface area contributed by atoms with Crippen LogP contribution >= 0.6 is 7.82 Å². The Morgan fingerprint density at radius 3 is 0.905 bits per heavy atom. The van der Waals surface area contributed by atoms with Gasteiger partial charge in [0.05, 0.1) is 19.8 Å². The van der Waals surface area contributed by atoms with Gasteiger partial charge in [-0.3, -0.25) is 23.4 Å². The molecular weight excluding hydrogens is 1070 g/mol. The molecule has 12 heteroatoms. The van der Waals surface area contributed by atoms with Crippen LogP contribution in [0, 0.1) is 0 Å². The molecule has 3 atom stereocenters. The molecule has 0 aromatic rings. The number of hydrogen-bond acceptors (Lipinski definition) is 10. The lowest BCUT2D eigenvalue weighted by Gasteiger charge is -2.21. The number of rotatable bonds is 58. The zero-order valence-corrected chi connectivity index (χ0v) is 53.4. The Bertz CT molecular complexity index is 2020. The fourth-order valence-corrected chi connectivity index (χ4v) is 8.91. The fourth-order valence-electron chi connectivity index (χ4n) is 8.13.